The molecule has 0 N–H and O–H groups in total. The topological polar surface area (TPSA) is 63.7 Å². The number of benzene rings is 2. The predicted molar refractivity (Wildman–Crippen MR) is 97.3 cm³/mol. The van der Waals surface area contributed by atoms with Gasteiger partial charge in [0.1, 0.15) is 11.8 Å². The van der Waals surface area contributed by atoms with Crippen LogP contribution in [0.15, 0.2) is 48.5 Å². The van der Waals surface area contributed by atoms with E-state index < -0.39 is 23.8 Å². The summed E-state index contributed by atoms with van der Waals surface area (Å²) < 4.78 is 5.40. The van der Waals surface area contributed by atoms with Gasteiger partial charge in [-0.1, -0.05) is 37.6 Å². The van der Waals surface area contributed by atoms with Crippen molar-refractivity contribution in [3.05, 3.63) is 64.7 Å². The Morgan fingerprint density at radius 3 is 2.04 bits per heavy atom. The van der Waals surface area contributed by atoms with Crippen molar-refractivity contribution < 1.29 is 19.1 Å². The number of ether oxygens (including phenoxy) is 1. The molecule has 1 heterocycles. The minimum Gasteiger partial charge on any atom is -0.425 e. The van der Waals surface area contributed by atoms with Crippen molar-refractivity contribution >= 4 is 29.4 Å². The van der Waals surface area contributed by atoms with Crippen LogP contribution in [-0.2, 0) is 4.79 Å². The number of rotatable bonds is 5. The van der Waals surface area contributed by atoms with Gasteiger partial charge in [-0.15, -0.1) is 0 Å². The highest BCUT2D eigenvalue weighted by atomic mass is 35.5. The van der Waals surface area contributed by atoms with Gasteiger partial charge in [0.05, 0.1) is 11.1 Å². The molecule has 0 bridgehead atoms. The van der Waals surface area contributed by atoms with E-state index >= 15 is 0 Å². The second-order valence-electron chi connectivity index (χ2n) is 6.55. The molecule has 0 unspecified atom stereocenters. The summed E-state index contributed by atoms with van der Waals surface area (Å²) in [5.74, 6) is -1.18. The Morgan fingerprint density at radius 2 is 1.54 bits per heavy atom. The SMILES string of the molecule is CC(C)C[C@@H](C(=O)Oc1ccc(Cl)cc1)N1C(=O)c2ccccc2C1=O. The molecule has 3 rings (SSSR count). The van der Waals surface area contributed by atoms with E-state index in [0.29, 0.717) is 28.3 Å². The minimum atomic E-state index is -0.988. The predicted octanol–water partition coefficient (Wildman–Crippen LogP) is 3.96. The molecule has 1 aliphatic heterocycles. The number of carbonyl (C=O) groups excluding carboxylic acids is 3. The van der Waals surface area contributed by atoms with E-state index in [0.717, 1.165) is 4.90 Å². The maximum atomic E-state index is 12.8. The van der Waals surface area contributed by atoms with E-state index in [-0.39, 0.29) is 5.92 Å². The number of fused-ring (bicyclic) bond motifs is 1. The van der Waals surface area contributed by atoms with Crippen molar-refractivity contribution in [2.45, 2.75) is 26.3 Å². The third kappa shape index (κ3) is 3.48. The molecule has 0 aliphatic carbocycles. The fourth-order valence-electron chi connectivity index (χ4n) is 2.93. The zero-order valence-corrected chi connectivity index (χ0v) is 15.2. The highest BCUT2D eigenvalue weighted by molar-refractivity contribution is 6.30. The van der Waals surface area contributed by atoms with Crippen LogP contribution in [0, 0.1) is 5.92 Å². The molecule has 0 spiro atoms. The van der Waals surface area contributed by atoms with Gasteiger partial charge >= 0.3 is 5.97 Å². The van der Waals surface area contributed by atoms with Crippen LogP contribution in [0.3, 0.4) is 0 Å². The Bertz CT molecular complexity index is 825. The third-order valence-electron chi connectivity index (χ3n) is 4.14. The van der Waals surface area contributed by atoms with Crippen LogP contribution in [0.25, 0.3) is 0 Å². The average Bonchev–Trinajstić information content (AvgIpc) is 2.86. The van der Waals surface area contributed by atoms with Crippen molar-refractivity contribution in [3.63, 3.8) is 0 Å². The second kappa shape index (κ2) is 7.30. The number of imide groups is 1. The molecule has 26 heavy (non-hydrogen) atoms. The molecule has 2 aromatic carbocycles. The smallest absolute Gasteiger partial charge is 0.334 e. The summed E-state index contributed by atoms with van der Waals surface area (Å²) in [6.45, 7) is 3.83. The number of halogens is 1. The molecule has 2 amide bonds. The number of hydrogen-bond acceptors (Lipinski definition) is 4. The van der Waals surface area contributed by atoms with E-state index in [1.54, 1.807) is 48.5 Å². The molecule has 6 heteroatoms. The van der Waals surface area contributed by atoms with Gasteiger partial charge in [0.25, 0.3) is 11.8 Å². The van der Waals surface area contributed by atoms with Crippen LogP contribution in [0.2, 0.25) is 5.02 Å². The summed E-state index contributed by atoms with van der Waals surface area (Å²) in [6.07, 6.45) is 0.317. The summed E-state index contributed by atoms with van der Waals surface area (Å²) in [5, 5.41) is 0.517. The maximum absolute atomic E-state index is 12.8. The minimum absolute atomic E-state index is 0.0853. The van der Waals surface area contributed by atoms with Crippen LogP contribution in [0.1, 0.15) is 41.0 Å². The van der Waals surface area contributed by atoms with Gasteiger partial charge in [0.15, 0.2) is 0 Å². The Labute approximate surface area is 156 Å². The first-order valence-corrected chi connectivity index (χ1v) is 8.70. The molecule has 1 atom stereocenters. The molecular weight excluding hydrogens is 354 g/mol. The normalized spacial score (nSPS) is 14.5. The van der Waals surface area contributed by atoms with Crippen molar-refractivity contribution in [1.82, 2.24) is 4.90 Å². The van der Waals surface area contributed by atoms with Gasteiger partial charge < -0.3 is 4.74 Å². The molecule has 1 aliphatic rings. The molecule has 134 valence electrons. The van der Waals surface area contributed by atoms with Gasteiger partial charge in [0.2, 0.25) is 0 Å². The molecule has 0 radical (unpaired) electrons. The van der Waals surface area contributed by atoms with Crippen LogP contribution in [-0.4, -0.2) is 28.7 Å². The fourth-order valence-corrected chi connectivity index (χ4v) is 3.06. The van der Waals surface area contributed by atoms with Crippen LogP contribution in [0.5, 0.6) is 5.75 Å². The summed E-state index contributed by atoms with van der Waals surface area (Å²) in [5.41, 5.74) is 0.621. The molecule has 0 saturated heterocycles. The van der Waals surface area contributed by atoms with Gasteiger partial charge in [-0.05, 0) is 48.7 Å². The second-order valence-corrected chi connectivity index (χ2v) is 6.98. The highest BCUT2D eigenvalue weighted by Gasteiger charge is 2.43. The van der Waals surface area contributed by atoms with Crippen LogP contribution < -0.4 is 4.74 Å². The number of hydrogen-bond donors (Lipinski definition) is 0. The zero-order chi connectivity index (χ0) is 18.8. The first-order chi connectivity index (χ1) is 12.4. The van der Waals surface area contributed by atoms with E-state index in [1.165, 1.54) is 0 Å². The van der Waals surface area contributed by atoms with E-state index in [1.807, 2.05) is 13.8 Å². The lowest BCUT2D eigenvalue weighted by Gasteiger charge is -2.25. The average molecular weight is 372 g/mol. The van der Waals surface area contributed by atoms with Crippen LogP contribution in [0.4, 0.5) is 0 Å². The summed E-state index contributed by atoms with van der Waals surface area (Å²) in [6, 6.07) is 11.9. The van der Waals surface area contributed by atoms with Gasteiger partial charge in [-0.3, -0.25) is 14.5 Å². The van der Waals surface area contributed by atoms with Crippen molar-refractivity contribution in [3.8, 4) is 5.75 Å². The molecule has 2 aromatic rings. The quantitative estimate of drug-likeness (QED) is 0.453. The van der Waals surface area contributed by atoms with Crippen molar-refractivity contribution in [2.24, 2.45) is 5.92 Å². The summed E-state index contributed by atoms with van der Waals surface area (Å²) >= 11 is 5.83. The zero-order valence-electron chi connectivity index (χ0n) is 14.4. The standard InChI is InChI=1S/C20H18ClNO4/c1-12(2)11-17(20(25)26-14-9-7-13(21)8-10-14)22-18(23)15-5-3-4-6-16(15)19(22)24/h3-10,12,17H,11H2,1-2H3/t17-/m0/s1. The molecule has 5 nitrogen and oxygen atoms in total. The maximum Gasteiger partial charge on any atom is 0.334 e. The van der Waals surface area contributed by atoms with E-state index in [9.17, 15) is 14.4 Å². The number of carbonyl (C=O) groups is 3. The number of nitrogens with zero attached hydrogens (tertiary/aromatic N) is 1. The monoisotopic (exact) mass is 371 g/mol. The molecule has 0 fully saturated rings. The van der Waals surface area contributed by atoms with E-state index in [4.69, 9.17) is 16.3 Å². The first-order valence-electron chi connectivity index (χ1n) is 8.32. The summed E-state index contributed by atoms with van der Waals surface area (Å²) in [7, 11) is 0. The van der Waals surface area contributed by atoms with Gasteiger partial charge in [-0.2, -0.15) is 0 Å². The van der Waals surface area contributed by atoms with Gasteiger partial charge in [-0.25, -0.2) is 4.79 Å². The first kappa shape index (κ1) is 18.1. The number of amides is 2. The van der Waals surface area contributed by atoms with Crippen LogP contribution >= 0.6 is 11.6 Å². The summed E-state index contributed by atoms with van der Waals surface area (Å²) in [4.78, 5) is 39.2. The third-order valence-corrected chi connectivity index (χ3v) is 4.39. The Morgan fingerprint density at radius 1 is 1.00 bits per heavy atom. The lowest BCUT2D eigenvalue weighted by molar-refractivity contribution is -0.139. The Balaban J connectivity index is 1.89. The Hall–Kier alpha value is -2.66. The van der Waals surface area contributed by atoms with Crippen molar-refractivity contribution in [2.75, 3.05) is 0 Å². The highest BCUT2D eigenvalue weighted by Crippen LogP contribution is 2.28. The Kier molecular flexibility index (Phi) is 5.09. The lowest BCUT2D eigenvalue weighted by Crippen LogP contribution is -2.47. The molecule has 0 saturated carbocycles. The number of esters is 1. The molecule has 0 aromatic heterocycles. The van der Waals surface area contributed by atoms with Crippen molar-refractivity contribution in [1.29, 1.82) is 0 Å². The largest absolute Gasteiger partial charge is 0.425 e. The lowest BCUT2D eigenvalue weighted by atomic mass is 10.0. The van der Waals surface area contributed by atoms with E-state index in [2.05, 4.69) is 0 Å². The molecular formula is C20H18ClNO4. The fraction of sp³-hybridized carbons (Fsp3) is 0.250. The van der Waals surface area contributed by atoms with Gasteiger partial charge in [0, 0.05) is 5.02 Å².